The number of fused-ring (bicyclic) bond motifs is 2. The SMILES string of the molecule is COC(=O)CC(c1cc2c(cc1O)OCO2)c1cc2cc(C)ccc2[nH]c1=O. The fourth-order valence-corrected chi connectivity index (χ4v) is 3.47. The zero-order valence-electron chi connectivity index (χ0n) is 15.4. The molecule has 0 amide bonds. The number of esters is 1. The third-order valence-corrected chi connectivity index (χ3v) is 4.90. The van der Waals surface area contributed by atoms with Crippen molar-refractivity contribution in [3.63, 3.8) is 0 Å². The van der Waals surface area contributed by atoms with Crippen molar-refractivity contribution >= 4 is 16.9 Å². The summed E-state index contributed by atoms with van der Waals surface area (Å²) in [4.78, 5) is 27.7. The van der Waals surface area contributed by atoms with Crippen LogP contribution in [0.2, 0.25) is 0 Å². The molecule has 0 bridgehead atoms. The van der Waals surface area contributed by atoms with Crippen molar-refractivity contribution in [2.75, 3.05) is 13.9 Å². The molecule has 0 saturated heterocycles. The van der Waals surface area contributed by atoms with Gasteiger partial charge in [0, 0.05) is 28.6 Å². The third-order valence-electron chi connectivity index (χ3n) is 4.90. The van der Waals surface area contributed by atoms with E-state index >= 15 is 0 Å². The summed E-state index contributed by atoms with van der Waals surface area (Å²) in [5, 5.41) is 11.4. The number of hydrogen-bond acceptors (Lipinski definition) is 6. The standard InChI is InChI=1S/C21H19NO6/c1-11-3-4-16-12(5-11)6-15(21(25)22-16)13(8-20(24)26-2)14-7-18-19(9-17(14)23)28-10-27-18/h3-7,9,13,23H,8,10H2,1-2H3,(H,22,25). The molecule has 144 valence electrons. The van der Waals surface area contributed by atoms with Gasteiger partial charge in [-0.25, -0.2) is 0 Å². The van der Waals surface area contributed by atoms with E-state index in [1.807, 2.05) is 25.1 Å². The molecular weight excluding hydrogens is 362 g/mol. The van der Waals surface area contributed by atoms with E-state index in [1.165, 1.54) is 13.2 Å². The van der Waals surface area contributed by atoms with Gasteiger partial charge >= 0.3 is 5.97 Å². The molecule has 1 aromatic heterocycles. The van der Waals surface area contributed by atoms with Crippen molar-refractivity contribution in [2.45, 2.75) is 19.3 Å². The Labute approximate surface area is 160 Å². The van der Waals surface area contributed by atoms with Crippen molar-refractivity contribution in [1.29, 1.82) is 0 Å². The van der Waals surface area contributed by atoms with Gasteiger partial charge in [0.1, 0.15) is 5.75 Å². The van der Waals surface area contributed by atoms with Gasteiger partial charge in [0.25, 0.3) is 5.56 Å². The van der Waals surface area contributed by atoms with Gasteiger partial charge < -0.3 is 24.3 Å². The first-order valence-corrected chi connectivity index (χ1v) is 8.79. The first kappa shape index (κ1) is 17.9. The van der Waals surface area contributed by atoms with Crippen LogP contribution in [0.25, 0.3) is 10.9 Å². The Morgan fingerprint density at radius 1 is 1.18 bits per heavy atom. The second-order valence-electron chi connectivity index (χ2n) is 6.74. The fourth-order valence-electron chi connectivity index (χ4n) is 3.47. The number of phenols is 1. The van der Waals surface area contributed by atoms with Crippen molar-refractivity contribution in [1.82, 2.24) is 4.98 Å². The minimum atomic E-state index is -0.712. The number of pyridine rings is 1. The number of rotatable bonds is 4. The molecule has 0 fully saturated rings. The van der Waals surface area contributed by atoms with E-state index in [1.54, 1.807) is 12.1 Å². The molecule has 0 spiro atoms. The predicted molar refractivity (Wildman–Crippen MR) is 102 cm³/mol. The molecule has 1 atom stereocenters. The number of benzene rings is 2. The molecule has 2 heterocycles. The third kappa shape index (κ3) is 3.15. The lowest BCUT2D eigenvalue weighted by atomic mass is 9.87. The normalized spacial score (nSPS) is 13.5. The van der Waals surface area contributed by atoms with E-state index < -0.39 is 11.9 Å². The summed E-state index contributed by atoms with van der Waals surface area (Å²) in [6.07, 6.45) is -0.107. The van der Waals surface area contributed by atoms with E-state index in [0.717, 1.165) is 10.9 Å². The molecule has 1 aliphatic heterocycles. The van der Waals surface area contributed by atoms with Crippen LogP contribution >= 0.6 is 0 Å². The minimum absolute atomic E-state index is 0.0513. The van der Waals surface area contributed by atoms with Crippen molar-refractivity contribution in [3.8, 4) is 17.2 Å². The van der Waals surface area contributed by atoms with Gasteiger partial charge in [0.15, 0.2) is 11.5 Å². The molecule has 7 nitrogen and oxygen atoms in total. The Balaban J connectivity index is 1.90. The van der Waals surface area contributed by atoms with Crippen LogP contribution < -0.4 is 15.0 Å². The van der Waals surface area contributed by atoms with Gasteiger partial charge in [0.2, 0.25) is 6.79 Å². The van der Waals surface area contributed by atoms with Crippen molar-refractivity contribution in [2.24, 2.45) is 0 Å². The summed E-state index contributed by atoms with van der Waals surface area (Å²) >= 11 is 0. The highest BCUT2D eigenvalue weighted by Crippen LogP contribution is 2.42. The number of nitrogens with one attached hydrogen (secondary N) is 1. The van der Waals surface area contributed by atoms with Crippen LogP contribution in [0.4, 0.5) is 0 Å². The van der Waals surface area contributed by atoms with Crippen molar-refractivity contribution in [3.05, 3.63) is 63.4 Å². The fraction of sp³-hybridized carbons (Fsp3) is 0.238. The van der Waals surface area contributed by atoms with Gasteiger partial charge in [-0.15, -0.1) is 0 Å². The second-order valence-corrected chi connectivity index (χ2v) is 6.74. The van der Waals surface area contributed by atoms with Crippen molar-refractivity contribution < 1.29 is 24.1 Å². The molecule has 28 heavy (non-hydrogen) atoms. The highest BCUT2D eigenvalue weighted by Gasteiger charge is 2.27. The zero-order chi connectivity index (χ0) is 19.8. The number of H-pyrrole nitrogens is 1. The number of ether oxygens (including phenoxy) is 3. The van der Waals surface area contributed by atoms with Crippen LogP contribution in [-0.4, -0.2) is 30.0 Å². The number of aryl methyl sites for hydroxylation is 1. The Hall–Kier alpha value is -3.48. The molecule has 0 aliphatic carbocycles. The molecule has 2 N–H and O–H groups in total. The lowest BCUT2D eigenvalue weighted by Gasteiger charge is -2.18. The Bertz CT molecular complexity index is 1130. The molecule has 0 radical (unpaired) electrons. The molecule has 3 aromatic rings. The maximum Gasteiger partial charge on any atom is 0.306 e. The van der Waals surface area contributed by atoms with Crippen LogP contribution in [0.5, 0.6) is 17.2 Å². The average Bonchev–Trinajstić information content (AvgIpc) is 3.12. The largest absolute Gasteiger partial charge is 0.508 e. The second kappa shape index (κ2) is 6.92. The van der Waals surface area contributed by atoms with Gasteiger partial charge in [-0.2, -0.15) is 0 Å². The number of aromatic amines is 1. The molecule has 1 unspecified atom stereocenters. The van der Waals surface area contributed by atoms with E-state index in [2.05, 4.69) is 4.98 Å². The smallest absolute Gasteiger partial charge is 0.306 e. The van der Waals surface area contributed by atoms with Crippen LogP contribution in [0, 0.1) is 6.92 Å². The number of hydrogen-bond donors (Lipinski definition) is 2. The highest BCUT2D eigenvalue weighted by molar-refractivity contribution is 5.80. The summed E-state index contributed by atoms with van der Waals surface area (Å²) in [5.74, 6) is -0.417. The molecule has 1 aliphatic rings. The van der Waals surface area contributed by atoms with Gasteiger partial charge in [0.05, 0.1) is 13.5 Å². The van der Waals surface area contributed by atoms with E-state index in [4.69, 9.17) is 14.2 Å². The number of carbonyl (C=O) groups is 1. The quantitative estimate of drug-likeness (QED) is 0.675. The summed E-state index contributed by atoms with van der Waals surface area (Å²) in [5.41, 5.74) is 2.17. The molecular formula is C21H19NO6. The maximum atomic E-state index is 12.8. The molecule has 0 saturated carbocycles. The summed E-state index contributed by atoms with van der Waals surface area (Å²) in [7, 11) is 1.28. The minimum Gasteiger partial charge on any atom is -0.508 e. The van der Waals surface area contributed by atoms with Gasteiger partial charge in [-0.3, -0.25) is 9.59 Å². The Morgan fingerprint density at radius 2 is 1.93 bits per heavy atom. The van der Waals surface area contributed by atoms with E-state index in [-0.39, 0.29) is 24.5 Å². The first-order chi connectivity index (χ1) is 13.5. The van der Waals surface area contributed by atoms with E-state index in [9.17, 15) is 14.7 Å². The molecule has 4 rings (SSSR count). The van der Waals surface area contributed by atoms with Crippen LogP contribution in [0.1, 0.15) is 29.0 Å². The lowest BCUT2D eigenvalue weighted by molar-refractivity contribution is -0.140. The van der Waals surface area contributed by atoms with Crippen LogP contribution in [0.15, 0.2) is 41.2 Å². The van der Waals surface area contributed by atoms with Crippen LogP contribution in [-0.2, 0) is 9.53 Å². The number of phenolic OH excluding ortho intramolecular Hbond substituents is 1. The van der Waals surface area contributed by atoms with Gasteiger partial charge in [-0.1, -0.05) is 11.6 Å². The van der Waals surface area contributed by atoms with E-state index in [0.29, 0.717) is 28.1 Å². The number of aromatic hydroxyl groups is 1. The summed E-state index contributed by atoms with van der Waals surface area (Å²) in [6, 6.07) is 10.5. The molecule has 2 aromatic carbocycles. The Kier molecular flexibility index (Phi) is 4.43. The Morgan fingerprint density at radius 3 is 2.68 bits per heavy atom. The number of aromatic nitrogens is 1. The monoisotopic (exact) mass is 381 g/mol. The summed E-state index contributed by atoms with van der Waals surface area (Å²) in [6.45, 7) is 2.01. The first-order valence-electron chi connectivity index (χ1n) is 8.79. The zero-order valence-corrected chi connectivity index (χ0v) is 15.4. The van der Waals surface area contributed by atoms with Crippen LogP contribution in [0.3, 0.4) is 0 Å². The number of methoxy groups -OCH3 is 1. The maximum absolute atomic E-state index is 12.8. The topological polar surface area (TPSA) is 97.8 Å². The highest BCUT2D eigenvalue weighted by atomic mass is 16.7. The summed E-state index contributed by atoms with van der Waals surface area (Å²) < 4.78 is 15.5. The number of carbonyl (C=O) groups excluding carboxylic acids is 1. The predicted octanol–water partition coefficient (Wildman–Crippen LogP) is 2.97. The molecule has 7 heteroatoms. The average molecular weight is 381 g/mol. The lowest BCUT2D eigenvalue weighted by Crippen LogP contribution is -2.20. The van der Waals surface area contributed by atoms with Gasteiger partial charge in [-0.05, 0) is 36.6 Å².